The maximum Gasteiger partial charge on any atom is 0.336 e. The second-order valence-corrected chi connectivity index (χ2v) is 6.89. The Hall–Kier alpha value is -1.05. The number of carboxylic acids is 1. The predicted molar refractivity (Wildman–Crippen MR) is 70.4 cm³/mol. The highest BCUT2D eigenvalue weighted by molar-refractivity contribution is 8.00. The van der Waals surface area contributed by atoms with Crippen molar-refractivity contribution < 1.29 is 18.3 Å². The molecule has 0 aliphatic rings. The van der Waals surface area contributed by atoms with Crippen LogP contribution in [0.15, 0.2) is 28.0 Å². The summed E-state index contributed by atoms with van der Waals surface area (Å²) in [6.45, 7) is 3.97. The number of nitrogens with two attached hydrogens (primary N) is 1. The minimum absolute atomic E-state index is 0.0353. The first-order valence-electron chi connectivity index (χ1n) is 5.32. The summed E-state index contributed by atoms with van der Waals surface area (Å²) in [6, 6.07) is 3.91. The number of hydrogen-bond donors (Lipinski definition) is 2. The number of carbonyl (C=O) groups is 1. The molecule has 0 fully saturated rings. The first kappa shape index (κ1) is 15.0. The zero-order valence-electron chi connectivity index (χ0n) is 10.1. The molecule has 0 bridgehead atoms. The number of aromatic carboxylic acids is 1. The molecule has 0 radical (unpaired) electrons. The molecule has 7 heteroatoms. The topological polar surface area (TPSA) is 97.5 Å². The summed E-state index contributed by atoms with van der Waals surface area (Å²) >= 11 is 1.40. The Balaban J connectivity index is 3.25. The molecule has 0 aliphatic heterocycles. The molecule has 0 saturated heterocycles. The summed E-state index contributed by atoms with van der Waals surface area (Å²) in [5.74, 6) is -1.16. The molecule has 0 aromatic heterocycles. The molecule has 0 heterocycles. The summed E-state index contributed by atoms with van der Waals surface area (Å²) < 4.78 is 22.4. The van der Waals surface area contributed by atoms with E-state index in [0.29, 0.717) is 4.90 Å². The number of hydrogen-bond acceptors (Lipinski definition) is 4. The third-order valence-electron chi connectivity index (χ3n) is 2.41. The average Bonchev–Trinajstić information content (AvgIpc) is 2.27. The molecule has 0 saturated carbocycles. The minimum atomic E-state index is -3.88. The molecule has 1 aromatic rings. The maximum absolute atomic E-state index is 11.2. The highest BCUT2D eigenvalue weighted by Crippen LogP contribution is 2.29. The third-order valence-corrected chi connectivity index (χ3v) is 4.67. The number of primary sulfonamides is 1. The molecule has 100 valence electrons. The Morgan fingerprint density at radius 1 is 1.50 bits per heavy atom. The van der Waals surface area contributed by atoms with E-state index in [-0.39, 0.29) is 15.7 Å². The van der Waals surface area contributed by atoms with Crippen LogP contribution < -0.4 is 5.14 Å². The van der Waals surface area contributed by atoms with E-state index in [2.05, 4.69) is 0 Å². The van der Waals surface area contributed by atoms with Gasteiger partial charge in [-0.15, -0.1) is 11.8 Å². The van der Waals surface area contributed by atoms with E-state index < -0.39 is 16.0 Å². The Morgan fingerprint density at radius 3 is 2.56 bits per heavy atom. The number of sulfonamides is 1. The van der Waals surface area contributed by atoms with Gasteiger partial charge in [-0.3, -0.25) is 0 Å². The van der Waals surface area contributed by atoms with Crippen LogP contribution >= 0.6 is 11.8 Å². The van der Waals surface area contributed by atoms with Crippen LogP contribution in [0.5, 0.6) is 0 Å². The lowest BCUT2D eigenvalue weighted by atomic mass is 10.2. The molecule has 0 amide bonds. The summed E-state index contributed by atoms with van der Waals surface area (Å²) in [7, 11) is -3.88. The second kappa shape index (κ2) is 5.73. The fourth-order valence-electron chi connectivity index (χ4n) is 1.26. The van der Waals surface area contributed by atoms with Crippen molar-refractivity contribution in [2.45, 2.75) is 35.3 Å². The van der Waals surface area contributed by atoms with Crippen LogP contribution in [0.4, 0.5) is 0 Å². The number of carboxylic acid groups (broad SMARTS) is 1. The molecule has 1 unspecified atom stereocenters. The van der Waals surface area contributed by atoms with Crippen molar-refractivity contribution in [1.82, 2.24) is 0 Å². The normalized spacial score (nSPS) is 13.3. The molecule has 0 aliphatic carbocycles. The van der Waals surface area contributed by atoms with E-state index >= 15 is 0 Å². The molecule has 1 atom stereocenters. The van der Waals surface area contributed by atoms with Gasteiger partial charge in [0, 0.05) is 10.1 Å². The molecule has 0 spiro atoms. The Labute approximate surface area is 110 Å². The molecule has 3 N–H and O–H groups in total. The standard InChI is InChI=1S/C11H15NO4S2/c1-3-7(2)17-10-5-4-8(18(12,15)16)6-9(10)11(13)14/h4-7H,3H2,1-2H3,(H,13,14)(H2,12,15,16). The van der Waals surface area contributed by atoms with Crippen LogP contribution in [0.1, 0.15) is 30.6 Å². The Morgan fingerprint density at radius 2 is 2.11 bits per heavy atom. The highest BCUT2D eigenvalue weighted by atomic mass is 32.2. The van der Waals surface area contributed by atoms with Gasteiger partial charge in [-0.1, -0.05) is 13.8 Å². The monoisotopic (exact) mass is 289 g/mol. The Kier molecular flexibility index (Phi) is 4.78. The van der Waals surface area contributed by atoms with Gasteiger partial charge in [-0.2, -0.15) is 0 Å². The van der Waals surface area contributed by atoms with Gasteiger partial charge in [0.15, 0.2) is 0 Å². The van der Waals surface area contributed by atoms with E-state index in [0.717, 1.165) is 12.5 Å². The smallest absolute Gasteiger partial charge is 0.336 e. The van der Waals surface area contributed by atoms with Gasteiger partial charge in [0.1, 0.15) is 0 Å². The lowest BCUT2D eigenvalue weighted by molar-refractivity contribution is 0.0693. The third kappa shape index (κ3) is 3.72. The van der Waals surface area contributed by atoms with Crippen molar-refractivity contribution in [2.75, 3.05) is 0 Å². The van der Waals surface area contributed by atoms with Gasteiger partial charge in [0.2, 0.25) is 10.0 Å². The summed E-state index contributed by atoms with van der Waals surface area (Å²) in [6.07, 6.45) is 0.890. The van der Waals surface area contributed by atoms with Gasteiger partial charge < -0.3 is 5.11 Å². The SMILES string of the molecule is CCC(C)Sc1ccc(S(N)(=O)=O)cc1C(=O)O. The average molecular weight is 289 g/mol. The lowest BCUT2D eigenvalue weighted by Gasteiger charge is -2.11. The molecular formula is C11H15NO4S2. The Bertz CT molecular complexity index is 554. The zero-order chi connectivity index (χ0) is 13.9. The number of thioether (sulfide) groups is 1. The quantitative estimate of drug-likeness (QED) is 0.807. The van der Waals surface area contributed by atoms with E-state index in [1.165, 1.54) is 23.9 Å². The van der Waals surface area contributed by atoms with E-state index in [1.54, 1.807) is 0 Å². The molecule has 18 heavy (non-hydrogen) atoms. The number of benzene rings is 1. The van der Waals surface area contributed by atoms with E-state index in [4.69, 9.17) is 10.2 Å². The molecular weight excluding hydrogens is 274 g/mol. The highest BCUT2D eigenvalue weighted by Gasteiger charge is 2.17. The van der Waals surface area contributed by atoms with E-state index in [1.807, 2.05) is 13.8 Å². The van der Waals surface area contributed by atoms with Crippen molar-refractivity contribution in [3.05, 3.63) is 23.8 Å². The summed E-state index contributed by atoms with van der Waals surface area (Å²) in [4.78, 5) is 11.5. The van der Waals surface area contributed by atoms with Crippen molar-refractivity contribution in [3.8, 4) is 0 Å². The summed E-state index contributed by atoms with van der Waals surface area (Å²) in [5.41, 5.74) is -0.0353. The fraction of sp³-hybridized carbons (Fsp3) is 0.364. The summed E-state index contributed by atoms with van der Waals surface area (Å²) in [5, 5.41) is 14.3. The maximum atomic E-state index is 11.2. The van der Waals surface area contributed by atoms with Gasteiger partial charge in [0.05, 0.1) is 10.5 Å². The van der Waals surface area contributed by atoms with Gasteiger partial charge in [-0.05, 0) is 24.6 Å². The van der Waals surface area contributed by atoms with Crippen LogP contribution in [-0.4, -0.2) is 24.7 Å². The van der Waals surface area contributed by atoms with Gasteiger partial charge in [0.25, 0.3) is 0 Å². The molecule has 1 rings (SSSR count). The molecule has 1 aromatic carbocycles. The van der Waals surface area contributed by atoms with Crippen molar-refractivity contribution in [1.29, 1.82) is 0 Å². The van der Waals surface area contributed by atoms with Crippen molar-refractivity contribution >= 4 is 27.8 Å². The number of rotatable bonds is 5. The van der Waals surface area contributed by atoms with Crippen LogP contribution in [0.25, 0.3) is 0 Å². The van der Waals surface area contributed by atoms with Gasteiger partial charge in [-0.25, -0.2) is 18.4 Å². The fourth-order valence-corrected chi connectivity index (χ4v) is 2.82. The van der Waals surface area contributed by atoms with Crippen LogP contribution in [-0.2, 0) is 10.0 Å². The van der Waals surface area contributed by atoms with E-state index in [9.17, 15) is 13.2 Å². The van der Waals surface area contributed by atoms with Crippen LogP contribution in [0, 0.1) is 0 Å². The van der Waals surface area contributed by atoms with Crippen molar-refractivity contribution in [3.63, 3.8) is 0 Å². The van der Waals surface area contributed by atoms with Crippen molar-refractivity contribution in [2.24, 2.45) is 5.14 Å². The van der Waals surface area contributed by atoms with Gasteiger partial charge >= 0.3 is 5.97 Å². The van der Waals surface area contributed by atoms with Crippen LogP contribution in [0.2, 0.25) is 0 Å². The molecule has 5 nitrogen and oxygen atoms in total. The largest absolute Gasteiger partial charge is 0.478 e. The zero-order valence-corrected chi connectivity index (χ0v) is 11.7. The minimum Gasteiger partial charge on any atom is -0.478 e. The first-order valence-corrected chi connectivity index (χ1v) is 7.75. The lowest BCUT2D eigenvalue weighted by Crippen LogP contribution is -2.13. The second-order valence-electron chi connectivity index (χ2n) is 3.84. The van der Waals surface area contributed by atoms with Crippen LogP contribution in [0.3, 0.4) is 0 Å². The first-order chi connectivity index (χ1) is 8.25. The predicted octanol–water partition coefficient (Wildman–Crippen LogP) is 1.92.